The highest BCUT2D eigenvalue weighted by Crippen LogP contribution is 1.99. The lowest BCUT2D eigenvalue weighted by molar-refractivity contribution is 0.609. The molecule has 0 saturated heterocycles. The minimum Gasteiger partial charge on any atom is -0.348 e. The maximum atomic E-state index is 12.4. The normalized spacial score (nSPS) is 9.56. The third-order valence-corrected chi connectivity index (χ3v) is 1.29. The molecule has 0 aliphatic carbocycles. The number of nitrogens with one attached hydrogen (secondary N) is 1. The summed E-state index contributed by atoms with van der Waals surface area (Å²) in [6.45, 7) is 1.64. The molecule has 9 heavy (non-hydrogen) atoms. The second-order valence-electron chi connectivity index (χ2n) is 1.80. The van der Waals surface area contributed by atoms with Crippen LogP contribution in [-0.2, 0) is 0 Å². The highest BCUT2D eigenvalue weighted by Gasteiger charge is 1.91. The molecule has 3 heteroatoms. The van der Waals surface area contributed by atoms with Crippen molar-refractivity contribution in [2.24, 2.45) is 0 Å². The molecule has 0 fully saturated rings. The molecule has 1 aromatic heterocycles. The molecule has 1 heterocycles. The van der Waals surface area contributed by atoms with E-state index in [1.54, 1.807) is 6.92 Å². The summed E-state index contributed by atoms with van der Waals surface area (Å²) in [4.78, 5) is 2.68. The number of rotatable bonds is 0. The zero-order valence-corrected chi connectivity index (χ0v) is 5.76. The van der Waals surface area contributed by atoms with Gasteiger partial charge in [0.1, 0.15) is 10.5 Å². The molecule has 0 radical (unpaired) electrons. The maximum Gasteiger partial charge on any atom is 0.142 e. The average Bonchev–Trinajstić information content (AvgIpc) is 1.80. The van der Waals surface area contributed by atoms with Crippen LogP contribution in [0.2, 0.25) is 0 Å². The van der Waals surface area contributed by atoms with Crippen molar-refractivity contribution in [2.75, 3.05) is 0 Å². The van der Waals surface area contributed by atoms with E-state index in [2.05, 4.69) is 4.98 Å². The van der Waals surface area contributed by atoms with E-state index in [0.29, 0.717) is 10.3 Å². The van der Waals surface area contributed by atoms with Crippen LogP contribution in [0.25, 0.3) is 0 Å². The van der Waals surface area contributed by atoms with Crippen molar-refractivity contribution < 1.29 is 4.39 Å². The van der Waals surface area contributed by atoms with Crippen molar-refractivity contribution >= 4 is 12.2 Å². The predicted molar refractivity (Wildman–Crippen MR) is 36.3 cm³/mol. The second-order valence-corrected chi connectivity index (χ2v) is 2.24. The molecule has 0 atom stereocenters. The molecule has 0 spiro atoms. The monoisotopic (exact) mass is 143 g/mol. The number of H-pyrrole nitrogens is 1. The summed E-state index contributed by atoms with van der Waals surface area (Å²) in [5, 5.41) is 0. The van der Waals surface area contributed by atoms with Gasteiger partial charge in [-0.05, 0) is 19.1 Å². The quantitative estimate of drug-likeness (QED) is 0.550. The van der Waals surface area contributed by atoms with Gasteiger partial charge in [-0.3, -0.25) is 0 Å². The molecular weight excluding hydrogens is 137 g/mol. The van der Waals surface area contributed by atoms with Crippen molar-refractivity contribution in [2.45, 2.75) is 6.92 Å². The zero-order valence-electron chi connectivity index (χ0n) is 4.94. The molecule has 1 nitrogen and oxygen atoms in total. The number of aromatic nitrogens is 1. The van der Waals surface area contributed by atoms with Crippen molar-refractivity contribution in [1.29, 1.82) is 0 Å². The first-order valence-electron chi connectivity index (χ1n) is 2.55. The van der Waals surface area contributed by atoms with Crippen molar-refractivity contribution in [3.63, 3.8) is 0 Å². The first kappa shape index (κ1) is 6.42. The molecule has 0 aliphatic heterocycles. The van der Waals surface area contributed by atoms with Gasteiger partial charge in [0.05, 0.1) is 0 Å². The van der Waals surface area contributed by atoms with Gasteiger partial charge < -0.3 is 4.98 Å². The number of aryl methyl sites for hydroxylation is 1. The second kappa shape index (κ2) is 2.27. The molecule has 48 valence electrons. The van der Waals surface area contributed by atoms with Gasteiger partial charge >= 0.3 is 0 Å². The third kappa shape index (κ3) is 1.36. The van der Waals surface area contributed by atoms with E-state index in [4.69, 9.17) is 12.2 Å². The first-order valence-corrected chi connectivity index (χ1v) is 2.96. The smallest absolute Gasteiger partial charge is 0.142 e. The lowest BCUT2D eigenvalue weighted by Crippen LogP contribution is -1.85. The van der Waals surface area contributed by atoms with Crippen LogP contribution < -0.4 is 0 Å². The summed E-state index contributed by atoms with van der Waals surface area (Å²) in [5.74, 6) is -0.247. The topological polar surface area (TPSA) is 15.8 Å². The Morgan fingerprint density at radius 3 is 2.67 bits per heavy atom. The Morgan fingerprint density at radius 2 is 2.22 bits per heavy atom. The van der Waals surface area contributed by atoms with E-state index < -0.39 is 0 Å². The Morgan fingerprint density at radius 1 is 1.56 bits per heavy atom. The Labute approximate surface area is 57.5 Å². The molecule has 0 amide bonds. The predicted octanol–water partition coefficient (Wildman–Crippen LogP) is 2.19. The molecule has 1 aromatic rings. The Bertz CT molecular complexity index is 266. The lowest BCUT2D eigenvalue weighted by Gasteiger charge is -1.92. The number of hydrogen-bond donors (Lipinski definition) is 1. The number of pyridine rings is 1. The first-order chi connectivity index (χ1) is 4.20. The average molecular weight is 143 g/mol. The molecule has 0 aliphatic rings. The third-order valence-electron chi connectivity index (χ3n) is 1.05. The van der Waals surface area contributed by atoms with Crippen LogP contribution in [0.1, 0.15) is 5.69 Å². The molecule has 0 saturated carbocycles. The van der Waals surface area contributed by atoms with Gasteiger partial charge in [-0.15, -0.1) is 0 Å². The van der Waals surface area contributed by atoms with E-state index in [-0.39, 0.29) is 5.82 Å². The van der Waals surface area contributed by atoms with E-state index in [1.165, 1.54) is 12.1 Å². The summed E-state index contributed by atoms with van der Waals surface area (Å²) in [6, 6.07) is 2.88. The maximum absolute atomic E-state index is 12.4. The fraction of sp³-hybridized carbons (Fsp3) is 0.167. The molecular formula is C6H6FNS. The summed E-state index contributed by atoms with van der Waals surface area (Å²) >= 11 is 4.74. The van der Waals surface area contributed by atoms with E-state index in [0.717, 1.165) is 0 Å². The molecule has 0 unspecified atom stereocenters. The van der Waals surface area contributed by atoms with E-state index in [1.807, 2.05) is 0 Å². The van der Waals surface area contributed by atoms with Crippen LogP contribution in [0.5, 0.6) is 0 Å². The van der Waals surface area contributed by atoms with Gasteiger partial charge in [0.15, 0.2) is 0 Å². The Kier molecular flexibility index (Phi) is 1.62. The fourth-order valence-electron chi connectivity index (χ4n) is 0.560. The number of hydrogen-bond acceptors (Lipinski definition) is 1. The lowest BCUT2D eigenvalue weighted by atomic mass is 10.4. The van der Waals surface area contributed by atoms with Crippen LogP contribution in [-0.4, -0.2) is 4.98 Å². The van der Waals surface area contributed by atoms with Gasteiger partial charge in [0.25, 0.3) is 0 Å². The fourth-order valence-corrected chi connectivity index (χ4v) is 0.781. The highest BCUT2D eigenvalue weighted by atomic mass is 32.1. The molecule has 0 aromatic carbocycles. The van der Waals surface area contributed by atoms with Gasteiger partial charge in [0.2, 0.25) is 0 Å². The van der Waals surface area contributed by atoms with Crippen LogP contribution >= 0.6 is 12.2 Å². The Hall–Kier alpha value is -0.700. The summed E-state index contributed by atoms with van der Waals surface area (Å²) in [7, 11) is 0. The largest absolute Gasteiger partial charge is 0.348 e. The number of aromatic amines is 1. The zero-order chi connectivity index (χ0) is 6.85. The van der Waals surface area contributed by atoms with Gasteiger partial charge in [-0.2, -0.15) is 0 Å². The van der Waals surface area contributed by atoms with Crippen molar-refractivity contribution in [3.8, 4) is 0 Å². The molecule has 0 bridgehead atoms. The SMILES string of the molecule is Cc1[nH]c(=S)ccc1F. The summed E-state index contributed by atoms with van der Waals surface area (Å²) in [5.41, 5.74) is 0.488. The van der Waals surface area contributed by atoms with Crippen LogP contribution in [0.4, 0.5) is 4.39 Å². The standard InChI is InChI=1S/C6H6FNS/c1-4-5(7)2-3-6(9)8-4/h2-3H,1H3,(H,8,9). The summed E-state index contributed by atoms with van der Waals surface area (Å²) < 4.78 is 13.0. The molecule has 1 rings (SSSR count). The minimum atomic E-state index is -0.247. The van der Waals surface area contributed by atoms with Crippen LogP contribution in [0, 0.1) is 17.4 Å². The van der Waals surface area contributed by atoms with E-state index in [9.17, 15) is 4.39 Å². The minimum absolute atomic E-state index is 0.247. The van der Waals surface area contributed by atoms with Crippen molar-refractivity contribution in [3.05, 3.63) is 28.3 Å². The van der Waals surface area contributed by atoms with Crippen molar-refractivity contribution in [1.82, 2.24) is 4.98 Å². The van der Waals surface area contributed by atoms with Gasteiger partial charge in [-0.1, -0.05) is 12.2 Å². The Balaban J connectivity index is 3.34. The van der Waals surface area contributed by atoms with Gasteiger partial charge in [0, 0.05) is 5.69 Å². The number of halogens is 1. The van der Waals surface area contributed by atoms with Crippen LogP contribution in [0.15, 0.2) is 12.1 Å². The van der Waals surface area contributed by atoms with Gasteiger partial charge in [-0.25, -0.2) is 4.39 Å². The highest BCUT2D eigenvalue weighted by molar-refractivity contribution is 7.71. The van der Waals surface area contributed by atoms with E-state index >= 15 is 0 Å². The summed E-state index contributed by atoms with van der Waals surface area (Å²) in [6.07, 6.45) is 0. The van der Waals surface area contributed by atoms with Crippen LogP contribution in [0.3, 0.4) is 0 Å². The molecule has 1 N–H and O–H groups in total.